The number of hydrogen-bond acceptors (Lipinski definition) is 5. The van der Waals surface area contributed by atoms with E-state index in [1.165, 1.54) is 0 Å². The van der Waals surface area contributed by atoms with Gasteiger partial charge in [-0.3, -0.25) is 9.59 Å². The largest absolute Gasteiger partial charge is 0.481 e. The van der Waals surface area contributed by atoms with E-state index in [4.69, 9.17) is 9.84 Å². The van der Waals surface area contributed by atoms with E-state index in [0.717, 1.165) is 22.3 Å². The third kappa shape index (κ3) is 6.57. The fourth-order valence-corrected chi connectivity index (χ4v) is 4.21. The topological polar surface area (TPSA) is 108 Å². The van der Waals surface area contributed by atoms with Crippen LogP contribution in [0.5, 0.6) is 0 Å². The molecule has 8 nitrogen and oxygen atoms in total. The van der Waals surface area contributed by atoms with Gasteiger partial charge in [0.15, 0.2) is 0 Å². The normalized spacial score (nSPS) is 14.1. The number of hydrogen-bond donors (Lipinski definition) is 3. The molecular formula is C26H33N3O5. The molecule has 3 rings (SSSR count). The van der Waals surface area contributed by atoms with E-state index in [-0.39, 0.29) is 37.3 Å². The molecule has 0 heterocycles. The number of carboxylic acid groups (broad SMARTS) is 1. The summed E-state index contributed by atoms with van der Waals surface area (Å²) in [5, 5.41) is 14.3. The Bertz CT molecular complexity index is 978. The molecule has 182 valence electrons. The van der Waals surface area contributed by atoms with Gasteiger partial charge in [-0.25, -0.2) is 4.79 Å². The highest BCUT2D eigenvalue weighted by molar-refractivity contribution is 5.85. The second-order valence-electron chi connectivity index (χ2n) is 9.06. The summed E-state index contributed by atoms with van der Waals surface area (Å²) in [5.41, 5.74) is 4.52. The van der Waals surface area contributed by atoms with Crippen molar-refractivity contribution < 1.29 is 24.2 Å². The lowest BCUT2D eigenvalue weighted by atomic mass is 9.98. The van der Waals surface area contributed by atoms with Crippen molar-refractivity contribution in [1.29, 1.82) is 0 Å². The van der Waals surface area contributed by atoms with Gasteiger partial charge in [-0.15, -0.1) is 0 Å². The zero-order valence-electron chi connectivity index (χ0n) is 19.9. The average molecular weight is 468 g/mol. The Kier molecular flexibility index (Phi) is 8.65. The summed E-state index contributed by atoms with van der Waals surface area (Å²) in [6.07, 6.45) is -0.293. The number of ether oxygens (including phenoxy) is 1. The molecule has 1 aliphatic rings. The van der Waals surface area contributed by atoms with Crippen molar-refractivity contribution in [1.82, 2.24) is 15.5 Å². The van der Waals surface area contributed by atoms with Crippen molar-refractivity contribution in [2.75, 3.05) is 33.8 Å². The molecule has 0 aromatic heterocycles. The molecule has 0 bridgehead atoms. The van der Waals surface area contributed by atoms with E-state index in [0.29, 0.717) is 13.0 Å². The molecule has 0 saturated heterocycles. The average Bonchev–Trinajstić information content (AvgIpc) is 3.12. The van der Waals surface area contributed by atoms with Crippen LogP contribution in [0.1, 0.15) is 36.8 Å². The minimum Gasteiger partial charge on any atom is -0.481 e. The molecule has 2 amide bonds. The number of aliphatic carboxylic acids is 1. The number of nitrogens with one attached hydrogen (secondary N) is 2. The van der Waals surface area contributed by atoms with Crippen molar-refractivity contribution in [3.63, 3.8) is 0 Å². The van der Waals surface area contributed by atoms with Gasteiger partial charge in [0, 0.05) is 18.9 Å². The monoisotopic (exact) mass is 467 g/mol. The molecule has 2 unspecified atom stereocenters. The molecule has 3 N–H and O–H groups in total. The lowest BCUT2D eigenvalue weighted by Gasteiger charge is -2.22. The molecular weight excluding hydrogens is 434 g/mol. The molecule has 0 radical (unpaired) electrons. The first-order chi connectivity index (χ1) is 16.3. The van der Waals surface area contributed by atoms with Gasteiger partial charge < -0.3 is 25.4 Å². The Labute approximate surface area is 200 Å². The van der Waals surface area contributed by atoms with Crippen LogP contribution in [0.2, 0.25) is 0 Å². The second kappa shape index (κ2) is 11.7. The van der Waals surface area contributed by atoms with Gasteiger partial charge in [0.05, 0.1) is 0 Å². The lowest BCUT2D eigenvalue weighted by molar-refractivity contribution is -0.138. The summed E-state index contributed by atoms with van der Waals surface area (Å²) in [6.45, 7) is 2.72. The molecule has 2 atom stereocenters. The van der Waals surface area contributed by atoms with Crippen LogP contribution in [0.3, 0.4) is 0 Å². The van der Waals surface area contributed by atoms with Gasteiger partial charge in [0.2, 0.25) is 5.91 Å². The number of alkyl carbamates (subject to hydrolysis) is 1. The van der Waals surface area contributed by atoms with Crippen molar-refractivity contribution in [3.8, 4) is 11.1 Å². The van der Waals surface area contributed by atoms with Crippen LogP contribution >= 0.6 is 0 Å². The maximum atomic E-state index is 12.7. The van der Waals surface area contributed by atoms with Gasteiger partial charge in [0.1, 0.15) is 12.6 Å². The van der Waals surface area contributed by atoms with Crippen LogP contribution in [0.25, 0.3) is 11.1 Å². The fourth-order valence-electron chi connectivity index (χ4n) is 4.21. The highest BCUT2D eigenvalue weighted by atomic mass is 16.5. The zero-order chi connectivity index (χ0) is 24.7. The predicted molar refractivity (Wildman–Crippen MR) is 130 cm³/mol. The third-order valence-corrected chi connectivity index (χ3v) is 5.97. The Morgan fingerprint density at radius 3 is 2.18 bits per heavy atom. The lowest BCUT2D eigenvalue weighted by Crippen LogP contribution is -2.49. The molecule has 8 heteroatoms. The number of carbonyl (C=O) groups is 3. The first kappa shape index (κ1) is 25.2. The highest BCUT2D eigenvalue weighted by Gasteiger charge is 2.30. The Balaban J connectivity index is 1.61. The quantitative estimate of drug-likeness (QED) is 0.469. The molecule has 2 aromatic carbocycles. The summed E-state index contributed by atoms with van der Waals surface area (Å²) in [7, 11) is 3.77. The first-order valence-corrected chi connectivity index (χ1v) is 11.5. The number of rotatable bonds is 11. The van der Waals surface area contributed by atoms with E-state index < -0.39 is 18.1 Å². The van der Waals surface area contributed by atoms with Gasteiger partial charge in [0.25, 0.3) is 0 Å². The number of amides is 2. The maximum absolute atomic E-state index is 12.7. The fraction of sp³-hybridized carbons (Fsp3) is 0.423. The van der Waals surface area contributed by atoms with Crippen LogP contribution in [-0.2, 0) is 14.3 Å². The number of nitrogens with zero attached hydrogens (tertiary/aromatic N) is 1. The van der Waals surface area contributed by atoms with Crippen LogP contribution in [-0.4, -0.2) is 67.8 Å². The molecule has 34 heavy (non-hydrogen) atoms. The Morgan fingerprint density at radius 1 is 1.03 bits per heavy atom. The standard InChI is InChI=1S/C26H33N3O5/c1-17(14-24(30)31)15-27-25(32)23(12-13-29(2)3)28-26(33)34-16-22-20-10-6-4-8-18(20)19-9-5-7-11-21(19)22/h4-11,17,22-23H,12-16H2,1-3H3,(H,27,32)(H,28,33)(H,30,31). The third-order valence-electron chi connectivity index (χ3n) is 5.97. The SMILES string of the molecule is CC(CNC(=O)C(CCN(C)C)NC(=O)OCC1c2ccccc2-c2ccccc21)CC(=O)O. The molecule has 1 aliphatic carbocycles. The van der Waals surface area contributed by atoms with Crippen LogP contribution in [0.15, 0.2) is 48.5 Å². The molecule has 0 aliphatic heterocycles. The number of carboxylic acids is 1. The number of fused-ring (bicyclic) bond motifs is 3. The van der Waals surface area contributed by atoms with Crippen molar-refractivity contribution in [2.24, 2.45) is 5.92 Å². The smallest absolute Gasteiger partial charge is 0.407 e. The van der Waals surface area contributed by atoms with Gasteiger partial charge in [-0.1, -0.05) is 55.5 Å². The highest BCUT2D eigenvalue weighted by Crippen LogP contribution is 2.44. The van der Waals surface area contributed by atoms with Gasteiger partial charge in [-0.05, 0) is 55.2 Å². The minimum absolute atomic E-state index is 0.0392. The van der Waals surface area contributed by atoms with Gasteiger partial charge in [-0.2, -0.15) is 0 Å². The van der Waals surface area contributed by atoms with Crippen LogP contribution < -0.4 is 10.6 Å². The molecule has 0 fully saturated rings. The van der Waals surface area contributed by atoms with Crippen molar-refractivity contribution in [3.05, 3.63) is 59.7 Å². The molecule has 2 aromatic rings. The molecule has 0 spiro atoms. The Hall–Kier alpha value is -3.39. The summed E-state index contributed by atoms with van der Waals surface area (Å²) in [5.74, 6) is -1.55. The van der Waals surface area contributed by atoms with Crippen molar-refractivity contribution >= 4 is 18.0 Å². The number of benzene rings is 2. The predicted octanol–water partition coefficient (Wildman–Crippen LogP) is 3.07. The van der Waals surface area contributed by atoms with E-state index in [9.17, 15) is 14.4 Å². The number of carbonyl (C=O) groups excluding carboxylic acids is 2. The van der Waals surface area contributed by atoms with E-state index in [1.807, 2.05) is 55.4 Å². The molecule has 0 saturated carbocycles. The maximum Gasteiger partial charge on any atom is 0.407 e. The van der Waals surface area contributed by atoms with E-state index in [2.05, 4.69) is 22.8 Å². The summed E-state index contributed by atoms with van der Waals surface area (Å²) in [4.78, 5) is 38.2. The van der Waals surface area contributed by atoms with Crippen LogP contribution in [0, 0.1) is 5.92 Å². The minimum atomic E-state index is -0.914. The second-order valence-corrected chi connectivity index (χ2v) is 9.06. The zero-order valence-corrected chi connectivity index (χ0v) is 19.9. The summed E-state index contributed by atoms with van der Waals surface area (Å²) in [6, 6.07) is 15.4. The summed E-state index contributed by atoms with van der Waals surface area (Å²) < 4.78 is 5.58. The van der Waals surface area contributed by atoms with E-state index in [1.54, 1.807) is 6.92 Å². The van der Waals surface area contributed by atoms with E-state index >= 15 is 0 Å². The van der Waals surface area contributed by atoms with Crippen molar-refractivity contribution in [2.45, 2.75) is 31.7 Å². The van der Waals surface area contributed by atoms with Gasteiger partial charge >= 0.3 is 12.1 Å². The summed E-state index contributed by atoms with van der Waals surface area (Å²) >= 11 is 0. The Morgan fingerprint density at radius 2 is 1.62 bits per heavy atom. The first-order valence-electron chi connectivity index (χ1n) is 11.5. The van der Waals surface area contributed by atoms with Crippen LogP contribution in [0.4, 0.5) is 4.79 Å².